The molecule has 21 heavy (non-hydrogen) atoms. The summed E-state index contributed by atoms with van der Waals surface area (Å²) in [7, 11) is 0. The third-order valence-corrected chi connectivity index (χ3v) is 4.96. The Morgan fingerprint density at radius 1 is 1.29 bits per heavy atom. The van der Waals surface area contributed by atoms with Gasteiger partial charge in [0.05, 0.1) is 6.54 Å². The maximum absolute atomic E-state index is 12.4. The van der Waals surface area contributed by atoms with E-state index in [2.05, 4.69) is 5.32 Å². The van der Waals surface area contributed by atoms with Gasteiger partial charge in [-0.1, -0.05) is 36.6 Å². The van der Waals surface area contributed by atoms with Crippen molar-refractivity contribution < 1.29 is 9.59 Å². The molecule has 0 aromatic heterocycles. The molecule has 1 saturated heterocycles. The number of nitrogens with one attached hydrogen (secondary N) is 1. The SMILES string of the molecule is Cc1ccc(CN2C(=O)CNC(=O)C23CCCC3)c(Cl)c1. The van der Waals surface area contributed by atoms with Crippen LogP contribution in [0.5, 0.6) is 0 Å². The Balaban J connectivity index is 1.93. The minimum Gasteiger partial charge on any atom is -0.345 e. The highest BCUT2D eigenvalue weighted by atomic mass is 35.5. The Hall–Kier alpha value is -1.55. The Morgan fingerprint density at radius 3 is 2.67 bits per heavy atom. The number of amides is 2. The van der Waals surface area contributed by atoms with Crippen LogP contribution in [0.3, 0.4) is 0 Å². The second-order valence-corrected chi connectivity index (χ2v) is 6.40. The minimum atomic E-state index is -0.663. The molecule has 1 spiro atoms. The Labute approximate surface area is 129 Å². The number of nitrogens with zero attached hydrogens (tertiary/aromatic N) is 1. The molecule has 1 aromatic rings. The van der Waals surface area contributed by atoms with Crippen molar-refractivity contribution in [2.75, 3.05) is 6.54 Å². The molecule has 5 heteroatoms. The lowest BCUT2D eigenvalue weighted by Gasteiger charge is -2.43. The van der Waals surface area contributed by atoms with Gasteiger partial charge in [-0.15, -0.1) is 0 Å². The fourth-order valence-electron chi connectivity index (χ4n) is 3.42. The van der Waals surface area contributed by atoms with Crippen molar-refractivity contribution in [1.82, 2.24) is 10.2 Å². The topological polar surface area (TPSA) is 49.4 Å². The monoisotopic (exact) mass is 306 g/mol. The van der Waals surface area contributed by atoms with E-state index in [0.717, 1.165) is 36.8 Å². The number of carbonyl (C=O) groups is 2. The second-order valence-electron chi connectivity index (χ2n) is 6.00. The van der Waals surface area contributed by atoms with E-state index < -0.39 is 5.54 Å². The fourth-order valence-corrected chi connectivity index (χ4v) is 3.72. The van der Waals surface area contributed by atoms with Gasteiger partial charge in [0.2, 0.25) is 11.8 Å². The lowest BCUT2D eigenvalue weighted by molar-refractivity contribution is -0.154. The first-order chi connectivity index (χ1) is 10.0. The van der Waals surface area contributed by atoms with Gasteiger partial charge in [0.1, 0.15) is 5.54 Å². The standard InChI is InChI=1S/C16H19ClN2O2/c1-11-4-5-12(13(17)8-11)10-19-14(20)9-18-15(21)16(19)6-2-3-7-16/h4-5,8H,2-3,6-7,9-10H2,1H3,(H,18,21). The smallest absolute Gasteiger partial charge is 0.246 e. The predicted octanol–water partition coefficient (Wildman–Crippen LogP) is 2.42. The quantitative estimate of drug-likeness (QED) is 0.912. The summed E-state index contributed by atoms with van der Waals surface area (Å²) in [5.74, 6) is -0.0315. The van der Waals surface area contributed by atoms with Gasteiger partial charge in [-0.05, 0) is 37.0 Å². The zero-order valence-electron chi connectivity index (χ0n) is 12.1. The highest BCUT2D eigenvalue weighted by Crippen LogP contribution is 2.38. The van der Waals surface area contributed by atoms with Gasteiger partial charge in [0.25, 0.3) is 0 Å². The Kier molecular flexibility index (Phi) is 3.66. The number of hydrogen-bond acceptors (Lipinski definition) is 2. The van der Waals surface area contributed by atoms with Crippen LogP contribution in [0.15, 0.2) is 18.2 Å². The molecule has 3 rings (SSSR count). The molecule has 2 fully saturated rings. The molecule has 1 aliphatic carbocycles. The summed E-state index contributed by atoms with van der Waals surface area (Å²) < 4.78 is 0. The average molecular weight is 307 g/mol. The molecular formula is C16H19ClN2O2. The second kappa shape index (κ2) is 5.34. The Bertz CT molecular complexity index is 594. The van der Waals surface area contributed by atoms with Crippen molar-refractivity contribution in [3.63, 3.8) is 0 Å². The van der Waals surface area contributed by atoms with Gasteiger partial charge in [0.15, 0.2) is 0 Å². The van der Waals surface area contributed by atoms with Crippen LogP contribution in [0.2, 0.25) is 5.02 Å². The van der Waals surface area contributed by atoms with Crippen LogP contribution in [-0.4, -0.2) is 28.8 Å². The van der Waals surface area contributed by atoms with E-state index >= 15 is 0 Å². The molecule has 1 aromatic carbocycles. The minimum absolute atomic E-state index is 0.0113. The van der Waals surface area contributed by atoms with Gasteiger partial charge in [-0.25, -0.2) is 0 Å². The van der Waals surface area contributed by atoms with Crippen molar-refractivity contribution in [1.29, 1.82) is 0 Å². The molecular weight excluding hydrogens is 288 g/mol. The van der Waals surface area contributed by atoms with Gasteiger partial charge in [0, 0.05) is 11.6 Å². The van der Waals surface area contributed by atoms with Crippen LogP contribution in [0, 0.1) is 6.92 Å². The molecule has 1 saturated carbocycles. The normalized spacial score (nSPS) is 21.0. The molecule has 0 atom stereocenters. The first-order valence-electron chi connectivity index (χ1n) is 7.37. The molecule has 1 aliphatic heterocycles. The predicted molar refractivity (Wildman–Crippen MR) is 80.9 cm³/mol. The summed E-state index contributed by atoms with van der Waals surface area (Å²) in [5, 5.41) is 3.40. The first kappa shape index (κ1) is 14.4. The molecule has 1 heterocycles. The number of piperazine rings is 1. The van der Waals surface area contributed by atoms with E-state index in [9.17, 15) is 9.59 Å². The largest absolute Gasteiger partial charge is 0.345 e. The number of rotatable bonds is 2. The lowest BCUT2D eigenvalue weighted by Crippen LogP contribution is -2.65. The van der Waals surface area contributed by atoms with E-state index in [-0.39, 0.29) is 18.4 Å². The summed E-state index contributed by atoms with van der Waals surface area (Å²) in [6.45, 7) is 2.48. The van der Waals surface area contributed by atoms with Crippen molar-refractivity contribution in [3.8, 4) is 0 Å². The molecule has 0 radical (unpaired) electrons. The summed E-state index contributed by atoms with van der Waals surface area (Å²) in [4.78, 5) is 26.5. The zero-order chi connectivity index (χ0) is 15.0. The number of hydrogen-bond donors (Lipinski definition) is 1. The fraction of sp³-hybridized carbons (Fsp3) is 0.500. The molecule has 2 aliphatic rings. The number of aryl methyl sites for hydroxylation is 1. The van der Waals surface area contributed by atoms with Crippen LogP contribution in [-0.2, 0) is 16.1 Å². The van der Waals surface area contributed by atoms with Crippen molar-refractivity contribution in [2.45, 2.75) is 44.7 Å². The molecule has 0 bridgehead atoms. The molecule has 1 N–H and O–H groups in total. The van der Waals surface area contributed by atoms with Crippen molar-refractivity contribution in [2.24, 2.45) is 0 Å². The van der Waals surface area contributed by atoms with Crippen LogP contribution in [0.25, 0.3) is 0 Å². The van der Waals surface area contributed by atoms with Crippen LogP contribution < -0.4 is 5.32 Å². The molecule has 112 valence electrons. The highest BCUT2D eigenvalue weighted by molar-refractivity contribution is 6.31. The van der Waals surface area contributed by atoms with Crippen molar-refractivity contribution in [3.05, 3.63) is 34.3 Å². The van der Waals surface area contributed by atoms with Gasteiger partial charge >= 0.3 is 0 Å². The van der Waals surface area contributed by atoms with Crippen LogP contribution in [0.4, 0.5) is 0 Å². The average Bonchev–Trinajstić information content (AvgIpc) is 2.92. The summed E-state index contributed by atoms with van der Waals surface area (Å²) in [6, 6.07) is 5.82. The summed E-state index contributed by atoms with van der Waals surface area (Å²) in [6.07, 6.45) is 3.46. The van der Waals surface area contributed by atoms with Gasteiger partial charge < -0.3 is 10.2 Å². The Morgan fingerprint density at radius 2 is 2.00 bits per heavy atom. The lowest BCUT2D eigenvalue weighted by atomic mass is 9.90. The number of halogens is 1. The molecule has 4 nitrogen and oxygen atoms in total. The highest BCUT2D eigenvalue weighted by Gasteiger charge is 2.50. The molecule has 0 unspecified atom stereocenters. The maximum Gasteiger partial charge on any atom is 0.246 e. The van der Waals surface area contributed by atoms with Crippen molar-refractivity contribution >= 4 is 23.4 Å². The first-order valence-corrected chi connectivity index (χ1v) is 7.74. The van der Waals surface area contributed by atoms with Crippen LogP contribution in [0.1, 0.15) is 36.8 Å². The summed E-state index contributed by atoms with van der Waals surface area (Å²) in [5.41, 5.74) is 1.32. The maximum atomic E-state index is 12.4. The van der Waals surface area contributed by atoms with E-state index in [0.29, 0.717) is 11.6 Å². The van der Waals surface area contributed by atoms with E-state index in [1.807, 2.05) is 25.1 Å². The van der Waals surface area contributed by atoms with Gasteiger partial charge in [-0.3, -0.25) is 9.59 Å². The number of carbonyl (C=O) groups excluding carboxylic acids is 2. The molecule has 2 amide bonds. The van der Waals surface area contributed by atoms with Crippen LogP contribution >= 0.6 is 11.6 Å². The van der Waals surface area contributed by atoms with E-state index in [1.165, 1.54) is 0 Å². The summed E-state index contributed by atoms with van der Waals surface area (Å²) >= 11 is 6.29. The number of benzene rings is 1. The van der Waals surface area contributed by atoms with E-state index in [1.54, 1.807) is 4.90 Å². The van der Waals surface area contributed by atoms with E-state index in [4.69, 9.17) is 11.6 Å². The third kappa shape index (κ3) is 2.42. The third-order valence-electron chi connectivity index (χ3n) is 4.61. The van der Waals surface area contributed by atoms with Gasteiger partial charge in [-0.2, -0.15) is 0 Å². The zero-order valence-corrected chi connectivity index (χ0v) is 12.9.